The SMILES string of the molecule is C=CC(=O)Oc1ccccc1Cc1ccccc1OCc1ccccc1. The molecular weight excluding hydrogens is 324 g/mol. The lowest BCUT2D eigenvalue weighted by atomic mass is 10.0. The molecule has 3 rings (SSSR count). The second-order valence-corrected chi connectivity index (χ2v) is 5.79. The lowest BCUT2D eigenvalue weighted by Gasteiger charge is -2.13. The van der Waals surface area contributed by atoms with Crippen molar-refractivity contribution in [1.82, 2.24) is 0 Å². The van der Waals surface area contributed by atoms with Crippen LogP contribution in [0.4, 0.5) is 0 Å². The number of rotatable bonds is 7. The van der Waals surface area contributed by atoms with E-state index >= 15 is 0 Å². The third kappa shape index (κ3) is 4.61. The predicted molar refractivity (Wildman–Crippen MR) is 102 cm³/mol. The first kappa shape index (κ1) is 17.5. The van der Waals surface area contributed by atoms with Crippen LogP contribution in [0, 0.1) is 0 Å². The van der Waals surface area contributed by atoms with E-state index < -0.39 is 5.97 Å². The van der Waals surface area contributed by atoms with Gasteiger partial charge in [-0.2, -0.15) is 0 Å². The number of carbonyl (C=O) groups is 1. The quantitative estimate of drug-likeness (QED) is 0.346. The maximum atomic E-state index is 11.5. The predicted octanol–water partition coefficient (Wildman–Crippen LogP) is 4.95. The molecule has 0 aliphatic rings. The molecule has 0 aliphatic carbocycles. The second-order valence-electron chi connectivity index (χ2n) is 5.79. The molecule has 0 amide bonds. The van der Waals surface area contributed by atoms with E-state index in [2.05, 4.69) is 6.58 Å². The average molecular weight is 344 g/mol. The van der Waals surface area contributed by atoms with Crippen molar-refractivity contribution in [3.05, 3.63) is 108 Å². The fourth-order valence-corrected chi connectivity index (χ4v) is 2.63. The van der Waals surface area contributed by atoms with Gasteiger partial charge in [0, 0.05) is 12.5 Å². The molecule has 0 heterocycles. The third-order valence-electron chi connectivity index (χ3n) is 3.94. The molecule has 0 unspecified atom stereocenters. The fraction of sp³-hybridized carbons (Fsp3) is 0.0870. The summed E-state index contributed by atoms with van der Waals surface area (Å²) in [6, 6.07) is 25.4. The average Bonchev–Trinajstić information content (AvgIpc) is 2.69. The first-order valence-corrected chi connectivity index (χ1v) is 8.43. The van der Waals surface area contributed by atoms with Gasteiger partial charge in [-0.1, -0.05) is 73.3 Å². The van der Waals surface area contributed by atoms with Gasteiger partial charge in [-0.15, -0.1) is 0 Å². The smallest absolute Gasteiger partial charge is 0.335 e. The molecule has 0 atom stereocenters. The van der Waals surface area contributed by atoms with Crippen molar-refractivity contribution in [2.75, 3.05) is 0 Å². The van der Waals surface area contributed by atoms with E-state index in [4.69, 9.17) is 9.47 Å². The Kier molecular flexibility index (Phi) is 5.84. The molecule has 0 fully saturated rings. The minimum absolute atomic E-state index is 0.467. The molecule has 0 bridgehead atoms. The van der Waals surface area contributed by atoms with Crippen molar-refractivity contribution >= 4 is 5.97 Å². The molecule has 0 N–H and O–H groups in total. The maximum Gasteiger partial charge on any atom is 0.335 e. The number of esters is 1. The second kappa shape index (κ2) is 8.67. The maximum absolute atomic E-state index is 11.5. The topological polar surface area (TPSA) is 35.5 Å². The lowest BCUT2D eigenvalue weighted by Crippen LogP contribution is -2.06. The van der Waals surface area contributed by atoms with Gasteiger partial charge in [0.15, 0.2) is 0 Å². The number of carbonyl (C=O) groups excluding carboxylic acids is 1. The number of ether oxygens (including phenoxy) is 2. The van der Waals surface area contributed by atoms with Gasteiger partial charge in [0.05, 0.1) is 0 Å². The number of hydrogen-bond donors (Lipinski definition) is 0. The molecular formula is C23H20O3. The Hall–Kier alpha value is -3.33. The highest BCUT2D eigenvalue weighted by Crippen LogP contribution is 2.27. The molecule has 26 heavy (non-hydrogen) atoms. The Morgan fingerprint density at radius 3 is 2.08 bits per heavy atom. The van der Waals surface area contributed by atoms with Crippen molar-refractivity contribution in [2.45, 2.75) is 13.0 Å². The van der Waals surface area contributed by atoms with E-state index in [9.17, 15) is 4.79 Å². The highest BCUT2D eigenvalue weighted by atomic mass is 16.5. The summed E-state index contributed by atoms with van der Waals surface area (Å²) in [4.78, 5) is 11.5. The van der Waals surface area contributed by atoms with Gasteiger partial charge in [0.2, 0.25) is 0 Å². The minimum atomic E-state index is -0.467. The van der Waals surface area contributed by atoms with Crippen LogP contribution in [0.2, 0.25) is 0 Å². The highest BCUT2D eigenvalue weighted by Gasteiger charge is 2.10. The molecule has 0 aliphatic heterocycles. The molecule has 0 saturated heterocycles. The fourth-order valence-electron chi connectivity index (χ4n) is 2.63. The highest BCUT2D eigenvalue weighted by molar-refractivity contribution is 5.83. The van der Waals surface area contributed by atoms with E-state index in [1.54, 1.807) is 6.07 Å². The van der Waals surface area contributed by atoms with Crippen LogP contribution in [-0.4, -0.2) is 5.97 Å². The molecule has 0 saturated carbocycles. The molecule has 130 valence electrons. The van der Waals surface area contributed by atoms with E-state index in [0.717, 1.165) is 28.5 Å². The van der Waals surface area contributed by atoms with Crippen LogP contribution >= 0.6 is 0 Å². The summed E-state index contributed by atoms with van der Waals surface area (Å²) in [6.07, 6.45) is 1.76. The van der Waals surface area contributed by atoms with Crippen LogP contribution < -0.4 is 9.47 Å². The Morgan fingerprint density at radius 1 is 0.808 bits per heavy atom. The van der Waals surface area contributed by atoms with Crippen LogP contribution in [-0.2, 0) is 17.8 Å². The summed E-state index contributed by atoms with van der Waals surface area (Å²) in [5.74, 6) is 0.891. The molecule has 3 nitrogen and oxygen atoms in total. The van der Waals surface area contributed by atoms with Gasteiger partial charge < -0.3 is 9.47 Å². The van der Waals surface area contributed by atoms with E-state index in [1.807, 2.05) is 72.8 Å². The Morgan fingerprint density at radius 2 is 1.38 bits per heavy atom. The number of benzene rings is 3. The summed E-state index contributed by atoms with van der Waals surface area (Å²) in [7, 11) is 0. The summed E-state index contributed by atoms with van der Waals surface area (Å²) < 4.78 is 11.4. The van der Waals surface area contributed by atoms with E-state index in [-0.39, 0.29) is 0 Å². The lowest BCUT2D eigenvalue weighted by molar-refractivity contribution is -0.129. The largest absolute Gasteiger partial charge is 0.489 e. The first-order valence-electron chi connectivity index (χ1n) is 8.43. The van der Waals surface area contributed by atoms with Crippen LogP contribution in [0.25, 0.3) is 0 Å². The van der Waals surface area contributed by atoms with Crippen LogP contribution in [0.5, 0.6) is 11.5 Å². The van der Waals surface area contributed by atoms with Crippen molar-refractivity contribution in [1.29, 1.82) is 0 Å². The zero-order chi connectivity index (χ0) is 18.2. The van der Waals surface area contributed by atoms with Crippen molar-refractivity contribution in [3.63, 3.8) is 0 Å². The molecule has 0 aromatic heterocycles. The summed E-state index contributed by atoms with van der Waals surface area (Å²) in [5.41, 5.74) is 3.06. The van der Waals surface area contributed by atoms with Gasteiger partial charge >= 0.3 is 5.97 Å². The van der Waals surface area contributed by atoms with Crippen LogP contribution in [0.15, 0.2) is 91.5 Å². The zero-order valence-electron chi connectivity index (χ0n) is 14.4. The standard InChI is InChI=1S/C23H20O3/c1-2-23(24)26-22-15-9-7-13-20(22)16-19-12-6-8-14-21(19)25-17-18-10-4-3-5-11-18/h2-15H,1,16-17H2. The van der Waals surface area contributed by atoms with Crippen molar-refractivity contribution in [2.24, 2.45) is 0 Å². The third-order valence-corrected chi connectivity index (χ3v) is 3.94. The zero-order valence-corrected chi connectivity index (χ0v) is 14.4. The van der Waals surface area contributed by atoms with Gasteiger partial charge in [-0.05, 0) is 28.8 Å². The summed E-state index contributed by atoms with van der Waals surface area (Å²) >= 11 is 0. The Labute approximate surface area is 153 Å². The summed E-state index contributed by atoms with van der Waals surface area (Å²) in [6.45, 7) is 3.95. The van der Waals surface area contributed by atoms with E-state index in [0.29, 0.717) is 18.8 Å². The number of hydrogen-bond acceptors (Lipinski definition) is 3. The van der Waals surface area contributed by atoms with Crippen molar-refractivity contribution in [3.8, 4) is 11.5 Å². The van der Waals surface area contributed by atoms with Gasteiger partial charge in [0.25, 0.3) is 0 Å². The van der Waals surface area contributed by atoms with Gasteiger partial charge in [0.1, 0.15) is 18.1 Å². The minimum Gasteiger partial charge on any atom is -0.489 e. The van der Waals surface area contributed by atoms with Crippen LogP contribution in [0.3, 0.4) is 0 Å². The van der Waals surface area contributed by atoms with E-state index in [1.165, 1.54) is 0 Å². The molecule has 0 spiro atoms. The molecule has 3 aromatic rings. The van der Waals surface area contributed by atoms with Crippen molar-refractivity contribution < 1.29 is 14.3 Å². The van der Waals surface area contributed by atoms with Gasteiger partial charge in [-0.25, -0.2) is 4.79 Å². The summed E-state index contributed by atoms with van der Waals surface area (Å²) in [5, 5.41) is 0. The molecule has 0 radical (unpaired) electrons. The van der Waals surface area contributed by atoms with Gasteiger partial charge in [-0.3, -0.25) is 0 Å². The normalized spacial score (nSPS) is 10.2. The number of para-hydroxylation sites is 2. The molecule has 3 heteroatoms. The monoisotopic (exact) mass is 344 g/mol. The first-order chi connectivity index (χ1) is 12.8. The molecule has 3 aromatic carbocycles. The Balaban J connectivity index is 1.78. The Bertz CT molecular complexity index is 885. The van der Waals surface area contributed by atoms with Crippen LogP contribution in [0.1, 0.15) is 16.7 Å².